The van der Waals surface area contributed by atoms with E-state index in [9.17, 15) is 4.79 Å². The van der Waals surface area contributed by atoms with Crippen molar-refractivity contribution >= 4 is 16.9 Å². The number of fused-ring (bicyclic) bond motifs is 1. The summed E-state index contributed by atoms with van der Waals surface area (Å²) in [6.45, 7) is 7.65. The Hall–Kier alpha value is -1.81. The van der Waals surface area contributed by atoms with Crippen molar-refractivity contribution in [3.63, 3.8) is 0 Å². The molecule has 108 valence electrons. The Labute approximate surface area is 119 Å². The van der Waals surface area contributed by atoms with Crippen LogP contribution in [0, 0.1) is 0 Å². The molecule has 2 rings (SSSR count). The van der Waals surface area contributed by atoms with Crippen molar-refractivity contribution in [1.82, 2.24) is 5.32 Å². The second-order valence-electron chi connectivity index (χ2n) is 5.65. The molecule has 0 aliphatic carbocycles. The molecule has 0 radical (unpaired) electrons. The Bertz CT molecular complexity index is 628. The zero-order chi connectivity index (χ0) is 14.9. The lowest BCUT2D eigenvalue weighted by Crippen LogP contribution is -2.51. The summed E-state index contributed by atoms with van der Waals surface area (Å²) < 4.78 is 5.96. The zero-order valence-corrected chi connectivity index (χ0v) is 12.5. The number of carbonyl (C=O) groups excluding carboxylic acids is 1. The maximum absolute atomic E-state index is 11.4. The normalized spacial score (nSPS) is 13.6. The number of hydrogen-bond acceptors (Lipinski definition) is 3. The minimum atomic E-state index is -0.774. The summed E-state index contributed by atoms with van der Waals surface area (Å²) in [6.07, 6.45) is 0.884. The zero-order valence-electron chi connectivity index (χ0n) is 12.5. The van der Waals surface area contributed by atoms with E-state index in [2.05, 4.69) is 18.3 Å². The quantitative estimate of drug-likeness (QED) is 0.881. The number of hydrogen-bond donors (Lipinski definition) is 2. The Kier molecular flexibility index (Phi) is 3.86. The molecule has 1 unspecified atom stereocenters. The van der Waals surface area contributed by atoms with Crippen LogP contribution < -0.4 is 11.1 Å². The third-order valence-electron chi connectivity index (χ3n) is 3.67. The maximum atomic E-state index is 11.4. The van der Waals surface area contributed by atoms with E-state index in [1.807, 2.05) is 25.1 Å². The van der Waals surface area contributed by atoms with E-state index in [1.54, 1.807) is 13.8 Å². The van der Waals surface area contributed by atoms with Gasteiger partial charge < -0.3 is 10.2 Å². The van der Waals surface area contributed by atoms with Gasteiger partial charge in [-0.25, -0.2) is 0 Å². The van der Waals surface area contributed by atoms with Gasteiger partial charge >= 0.3 is 0 Å². The van der Waals surface area contributed by atoms with Gasteiger partial charge in [0, 0.05) is 10.9 Å². The maximum Gasteiger partial charge on any atom is 0.237 e. The van der Waals surface area contributed by atoms with Gasteiger partial charge in [-0.15, -0.1) is 0 Å². The van der Waals surface area contributed by atoms with E-state index >= 15 is 0 Å². The van der Waals surface area contributed by atoms with Crippen molar-refractivity contribution < 1.29 is 9.21 Å². The van der Waals surface area contributed by atoms with Crippen molar-refractivity contribution in [2.24, 2.45) is 5.73 Å². The van der Waals surface area contributed by atoms with Gasteiger partial charge in [0.1, 0.15) is 11.3 Å². The third-order valence-corrected chi connectivity index (χ3v) is 3.67. The average Bonchev–Trinajstić information content (AvgIpc) is 2.76. The van der Waals surface area contributed by atoms with Gasteiger partial charge in [-0.2, -0.15) is 0 Å². The predicted molar refractivity (Wildman–Crippen MR) is 80.4 cm³/mol. The molecule has 4 nitrogen and oxygen atoms in total. The Morgan fingerprint density at radius 2 is 2.05 bits per heavy atom. The number of carbonyl (C=O) groups is 1. The molecule has 0 spiro atoms. The third kappa shape index (κ3) is 2.56. The molecule has 0 saturated carbocycles. The molecule has 20 heavy (non-hydrogen) atoms. The van der Waals surface area contributed by atoms with E-state index in [0.29, 0.717) is 0 Å². The number of primary amides is 1. The number of furan rings is 1. The highest BCUT2D eigenvalue weighted by Crippen LogP contribution is 2.31. The average molecular weight is 274 g/mol. The van der Waals surface area contributed by atoms with Crippen LogP contribution in [0.3, 0.4) is 0 Å². The van der Waals surface area contributed by atoms with Gasteiger partial charge in [0.15, 0.2) is 0 Å². The van der Waals surface area contributed by atoms with E-state index in [4.69, 9.17) is 10.2 Å². The van der Waals surface area contributed by atoms with Crippen LogP contribution in [0.5, 0.6) is 0 Å². The number of nitrogens with one attached hydrogen (secondary N) is 1. The van der Waals surface area contributed by atoms with E-state index in [0.717, 1.165) is 23.2 Å². The lowest BCUT2D eigenvalue weighted by atomic mass is 10.00. The summed E-state index contributed by atoms with van der Waals surface area (Å²) in [5.74, 6) is 0.501. The number of amides is 1. The summed E-state index contributed by atoms with van der Waals surface area (Å²) in [4.78, 5) is 11.4. The SMILES string of the molecule is CCc1c(C(C)NC(C)(C)C(N)=O)oc2ccccc12. The molecular formula is C16H22N2O2. The lowest BCUT2D eigenvalue weighted by molar-refractivity contribution is -0.123. The van der Waals surface area contributed by atoms with Crippen LogP contribution >= 0.6 is 0 Å². The monoisotopic (exact) mass is 274 g/mol. The van der Waals surface area contributed by atoms with Crippen LogP contribution in [0.15, 0.2) is 28.7 Å². The molecule has 1 heterocycles. The van der Waals surface area contributed by atoms with E-state index in [1.165, 1.54) is 5.56 Å². The molecule has 1 amide bonds. The molecule has 0 aliphatic heterocycles. The predicted octanol–water partition coefficient (Wildman–Crippen LogP) is 2.91. The molecule has 1 aromatic carbocycles. The van der Waals surface area contributed by atoms with Crippen LogP contribution in [0.2, 0.25) is 0 Å². The largest absolute Gasteiger partial charge is 0.459 e. The van der Waals surface area contributed by atoms with Crippen molar-refractivity contribution in [1.29, 1.82) is 0 Å². The minimum Gasteiger partial charge on any atom is -0.459 e. The van der Waals surface area contributed by atoms with Crippen molar-refractivity contribution in [2.75, 3.05) is 0 Å². The molecule has 0 fully saturated rings. The first-order valence-electron chi connectivity index (χ1n) is 6.94. The fourth-order valence-corrected chi connectivity index (χ4v) is 2.51. The topological polar surface area (TPSA) is 68.3 Å². The molecule has 0 saturated heterocycles. The summed E-state index contributed by atoms with van der Waals surface area (Å²) in [6, 6.07) is 7.91. The summed E-state index contributed by atoms with van der Waals surface area (Å²) in [5, 5.41) is 4.37. The highest BCUT2D eigenvalue weighted by atomic mass is 16.3. The summed E-state index contributed by atoms with van der Waals surface area (Å²) >= 11 is 0. The molecule has 3 N–H and O–H groups in total. The number of aryl methyl sites for hydroxylation is 1. The molecular weight excluding hydrogens is 252 g/mol. The van der Waals surface area contributed by atoms with Gasteiger partial charge in [-0.1, -0.05) is 25.1 Å². The summed E-state index contributed by atoms with van der Waals surface area (Å²) in [5.41, 5.74) is 6.70. The summed E-state index contributed by atoms with van der Waals surface area (Å²) in [7, 11) is 0. The second kappa shape index (κ2) is 5.29. The minimum absolute atomic E-state index is 0.0835. The smallest absolute Gasteiger partial charge is 0.237 e. The van der Waals surface area contributed by atoms with Gasteiger partial charge in [0.25, 0.3) is 0 Å². The molecule has 2 aromatic rings. The van der Waals surface area contributed by atoms with Gasteiger partial charge in [0.2, 0.25) is 5.91 Å². The fraction of sp³-hybridized carbons (Fsp3) is 0.438. The van der Waals surface area contributed by atoms with Gasteiger partial charge in [0.05, 0.1) is 11.6 Å². The second-order valence-corrected chi connectivity index (χ2v) is 5.65. The first-order chi connectivity index (χ1) is 9.36. The molecule has 0 aliphatic rings. The van der Waals surface area contributed by atoms with E-state index in [-0.39, 0.29) is 11.9 Å². The Balaban J connectivity index is 2.39. The van der Waals surface area contributed by atoms with Crippen molar-refractivity contribution in [3.05, 3.63) is 35.6 Å². The standard InChI is InChI=1S/C16H22N2O2/c1-5-11-12-8-6-7-9-13(12)20-14(11)10(2)18-16(3,4)15(17)19/h6-10,18H,5H2,1-4H3,(H2,17,19). The number of rotatable bonds is 5. The first-order valence-corrected chi connectivity index (χ1v) is 6.94. The van der Waals surface area contributed by atoms with Crippen LogP contribution in [-0.2, 0) is 11.2 Å². The van der Waals surface area contributed by atoms with Crippen LogP contribution in [0.4, 0.5) is 0 Å². The molecule has 0 bridgehead atoms. The Morgan fingerprint density at radius 3 is 2.65 bits per heavy atom. The van der Waals surface area contributed by atoms with Crippen molar-refractivity contribution in [2.45, 2.75) is 45.7 Å². The van der Waals surface area contributed by atoms with Crippen LogP contribution in [-0.4, -0.2) is 11.4 Å². The fourth-order valence-electron chi connectivity index (χ4n) is 2.51. The number of benzene rings is 1. The Morgan fingerprint density at radius 1 is 1.40 bits per heavy atom. The van der Waals surface area contributed by atoms with Crippen LogP contribution in [0.1, 0.15) is 45.1 Å². The molecule has 1 aromatic heterocycles. The first kappa shape index (κ1) is 14.6. The van der Waals surface area contributed by atoms with Gasteiger partial charge in [-0.3, -0.25) is 10.1 Å². The lowest BCUT2D eigenvalue weighted by Gasteiger charge is -2.26. The van der Waals surface area contributed by atoms with E-state index < -0.39 is 5.54 Å². The molecule has 4 heteroatoms. The van der Waals surface area contributed by atoms with Crippen molar-refractivity contribution in [3.8, 4) is 0 Å². The van der Waals surface area contributed by atoms with Crippen LogP contribution in [0.25, 0.3) is 11.0 Å². The number of para-hydroxylation sites is 1. The number of nitrogens with two attached hydrogens (primary N) is 1. The highest BCUT2D eigenvalue weighted by Gasteiger charge is 2.29. The highest BCUT2D eigenvalue weighted by molar-refractivity contribution is 5.84. The molecule has 1 atom stereocenters. The van der Waals surface area contributed by atoms with Gasteiger partial charge in [-0.05, 0) is 33.3 Å².